The van der Waals surface area contributed by atoms with Crippen LogP contribution in [0.1, 0.15) is 11.6 Å². The normalized spacial score (nSPS) is 21.2. The summed E-state index contributed by atoms with van der Waals surface area (Å²) in [6.45, 7) is 1.68. The highest BCUT2D eigenvalue weighted by atomic mass is 32.2. The van der Waals surface area contributed by atoms with Crippen molar-refractivity contribution >= 4 is 10.0 Å². The minimum absolute atomic E-state index is 0.00767. The number of nitrogens with zero attached hydrogens (tertiary/aromatic N) is 2. The third kappa shape index (κ3) is 3.48. The summed E-state index contributed by atoms with van der Waals surface area (Å²) in [5.74, 6) is 1.32. The van der Waals surface area contributed by atoms with Crippen LogP contribution in [0.15, 0.2) is 18.2 Å². The van der Waals surface area contributed by atoms with Crippen LogP contribution in [0.4, 0.5) is 0 Å². The highest BCUT2D eigenvalue weighted by molar-refractivity contribution is 7.88. The SMILES string of the molecule is COc1ccc(C2CN(S(C)(=O)=O)CCN2C)cc1OC. The van der Waals surface area contributed by atoms with Gasteiger partial charge in [0.15, 0.2) is 11.5 Å². The predicted octanol–water partition coefficient (Wildman–Crippen LogP) is 0.952. The molecule has 1 aromatic rings. The van der Waals surface area contributed by atoms with Gasteiger partial charge in [-0.05, 0) is 24.7 Å². The smallest absolute Gasteiger partial charge is 0.211 e. The Labute approximate surface area is 126 Å². The van der Waals surface area contributed by atoms with Gasteiger partial charge in [0.05, 0.1) is 20.5 Å². The van der Waals surface area contributed by atoms with Gasteiger partial charge in [0.2, 0.25) is 10.0 Å². The summed E-state index contributed by atoms with van der Waals surface area (Å²) in [7, 11) is 2.02. The zero-order valence-corrected chi connectivity index (χ0v) is 13.7. The van der Waals surface area contributed by atoms with E-state index in [9.17, 15) is 8.42 Å². The Balaban J connectivity index is 2.30. The number of rotatable bonds is 4. The van der Waals surface area contributed by atoms with Crippen LogP contribution in [-0.2, 0) is 10.0 Å². The molecule has 0 saturated carbocycles. The van der Waals surface area contributed by atoms with Crippen molar-refractivity contribution in [2.45, 2.75) is 6.04 Å². The second-order valence-corrected chi connectivity index (χ2v) is 7.21. The number of methoxy groups -OCH3 is 2. The highest BCUT2D eigenvalue weighted by Crippen LogP contribution is 2.33. The van der Waals surface area contributed by atoms with Crippen LogP contribution in [0.2, 0.25) is 0 Å². The summed E-state index contributed by atoms with van der Waals surface area (Å²) in [6.07, 6.45) is 1.25. The average Bonchev–Trinajstić information content (AvgIpc) is 2.45. The van der Waals surface area contributed by atoms with Gasteiger partial charge in [-0.3, -0.25) is 4.90 Å². The molecule has 0 radical (unpaired) electrons. The van der Waals surface area contributed by atoms with Crippen molar-refractivity contribution in [3.8, 4) is 11.5 Å². The molecule has 0 bridgehead atoms. The van der Waals surface area contributed by atoms with E-state index in [1.54, 1.807) is 14.2 Å². The summed E-state index contributed by atoms with van der Waals surface area (Å²) < 4.78 is 35.6. The number of ether oxygens (including phenoxy) is 2. The lowest BCUT2D eigenvalue weighted by molar-refractivity contribution is 0.148. The monoisotopic (exact) mass is 314 g/mol. The molecule has 21 heavy (non-hydrogen) atoms. The van der Waals surface area contributed by atoms with Crippen molar-refractivity contribution in [1.29, 1.82) is 0 Å². The fourth-order valence-corrected chi connectivity index (χ4v) is 3.40. The van der Waals surface area contributed by atoms with Gasteiger partial charge < -0.3 is 9.47 Å². The molecule has 1 aromatic carbocycles. The average molecular weight is 314 g/mol. The molecule has 118 valence electrons. The fraction of sp³-hybridized carbons (Fsp3) is 0.571. The maximum atomic E-state index is 11.8. The molecule has 2 rings (SSSR count). The zero-order valence-electron chi connectivity index (χ0n) is 12.9. The van der Waals surface area contributed by atoms with Gasteiger partial charge in [0.25, 0.3) is 0 Å². The van der Waals surface area contributed by atoms with Crippen molar-refractivity contribution in [2.75, 3.05) is 47.2 Å². The Kier molecular flexibility index (Phi) is 4.75. The first-order chi connectivity index (χ1) is 9.86. The molecule has 1 saturated heterocycles. The number of likely N-dealkylation sites (N-methyl/N-ethyl adjacent to an activating group) is 1. The molecular formula is C14H22N2O4S. The van der Waals surface area contributed by atoms with E-state index < -0.39 is 10.0 Å². The second kappa shape index (κ2) is 6.21. The summed E-state index contributed by atoms with van der Waals surface area (Å²) in [5, 5.41) is 0. The van der Waals surface area contributed by atoms with E-state index in [1.165, 1.54) is 10.6 Å². The van der Waals surface area contributed by atoms with Crippen LogP contribution in [0.5, 0.6) is 11.5 Å². The summed E-state index contributed by atoms with van der Waals surface area (Å²) in [4.78, 5) is 2.16. The van der Waals surface area contributed by atoms with Crippen LogP contribution in [0.3, 0.4) is 0 Å². The van der Waals surface area contributed by atoms with E-state index in [0.717, 1.165) is 5.56 Å². The molecule has 7 heteroatoms. The van der Waals surface area contributed by atoms with Crippen LogP contribution < -0.4 is 9.47 Å². The molecule has 0 N–H and O–H groups in total. The molecule has 1 aliphatic rings. The topological polar surface area (TPSA) is 59.1 Å². The molecular weight excluding hydrogens is 292 g/mol. The van der Waals surface area contributed by atoms with Gasteiger partial charge in [-0.25, -0.2) is 8.42 Å². The van der Waals surface area contributed by atoms with E-state index in [0.29, 0.717) is 31.1 Å². The number of sulfonamides is 1. The molecule has 1 aliphatic heterocycles. The molecule has 6 nitrogen and oxygen atoms in total. The minimum atomic E-state index is -3.17. The first-order valence-corrected chi connectivity index (χ1v) is 8.59. The second-order valence-electron chi connectivity index (χ2n) is 5.23. The summed E-state index contributed by atoms with van der Waals surface area (Å²) in [6, 6.07) is 5.72. The van der Waals surface area contributed by atoms with Crippen molar-refractivity contribution in [2.24, 2.45) is 0 Å². The Hall–Kier alpha value is -1.31. The number of hydrogen-bond acceptors (Lipinski definition) is 5. The molecule has 1 heterocycles. The van der Waals surface area contributed by atoms with Gasteiger partial charge in [-0.15, -0.1) is 0 Å². The van der Waals surface area contributed by atoms with Gasteiger partial charge in [-0.2, -0.15) is 4.31 Å². The van der Waals surface area contributed by atoms with E-state index in [-0.39, 0.29) is 6.04 Å². The third-order valence-corrected chi connectivity index (χ3v) is 5.14. The zero-order chi connectivity index (χ0) is 15.6. The Bertz CT molecular complexity index is 603. The lowest BCUT2D eigenvalue weighted by Gasteiger charge is -2.38. The van der Waals surface area contributed by atoms with E-state index in [2.05, 4.69) is 4.90 Å². The molecule has 0 aromatic heterocycles. The maximum Gasteiger partial charge on any atom is 0.211 e. The number of piperazine rings is 1. The van der Waals surface area contributed by atoms with Gasteiger partial charge in [0.1, 0.15) is 0 Å². The van der Waals surface area contributed by atoms with E-state index >= 15 is 0 Å². The maximum absolute atomic E-state index is 11.8. The fourth-order valence-electron chi connectivity index (χ4n) is 2.57. The molecule has 1 fully saturated rings. The first kappa shape index (κ1) is 16.1. The standard InChI is InChI=1S/C14H22N2O4S/c1-15-7-8-16(21(4,17)18)10-12(15)11-5-6-13(19-2)14(9-11)20-3/h5-6,9,12H,7-8,10H2,1-4H3. The lowest BCUT2D eigenvalue weighted by Crippen LogP contribution is -2.48. The van der Waals surface area contributed by atoms with Crippen molar-refractivity contribution in [1.82, 2.24) is 9.21 Å². The Morgan fingerprint density at radius 1 is 1.14 bits per heavy atom. The highest BCUT2D eigenvalue weighted by Gasteiger charge is 2.30. The van der Waals surface area contributed by atoms with Crippen LogP contribution >= 0.6 is 0 Å². The van der Waals surface area contributed by atoms with Gasteiger partial charge in [0, 0.05) is 25.7 Å². The molecule has 0 amide bonds. The summed E-state index contributed by atoms with van der Waals surface area (Å²) in [5.41, 5.74) is 1.02. The molecule has 0 aliphatic carbocycles. The van der Waals surface area contributed by atoms with Crippen molar-refractivity contribution in [3.63, 3.8) is 0 Å². The van der Waals surface area contributed by atoms with Crippen molar-refractivity contribution in [3.05, 3.63) is 23.8 Å². The largest absolute Gasteiger partial charge is 0.493 e. The van der Waals surface area contributed by atoms with Crippen LogP contribution in [-0.4, -0.2) is 64.8 Å². The van der Waals surface area contributed by atoms with Crippen LogP contribution in [0.25, 0.3) is 0 Å². The Morgan fingerprint density at radius 3 is 2.38 bits per heavy atom. The molecule has 0 spiro atoms. The van der Waals surface area contributed by atoms with Crippen molar-refractivity contribution < 1.29 is 17.9 Å². The van der Waals surface area contributed by atoms with Gasteiger partial charge in [-0.1, -0.05) is 6.07 Å². The Morgan fingerprint density at radius 2 is 1.81 bits per heavy atom. The molecule has 1 atom stereocenters. The predicted molar refractivity (Wildman–Crippen MR) is 81.3 cm³/mol. The third-order valence-electron chi connectivity index (χ3n) is 3.87. The number of benzene rings is 1. The minimum Gasteiger partial charge on any atom is -0.493 e. The van der Waals surface area contributed by atoms with E-state index in [4.69, 9.17) is 9.47 Å². The van der Waals surface area contributed by atoms with Gasteiger partial charge >= 0.3 is 0 Å². The summed E-state index contributed by atoms with van der Waals surface area (Å²) >= 11 is 0. The molecule has 1 unspecified atom stereocenters. The first-order valence-electron chi connectivity index (χ1n) is 6.74. The lowest BCUT2D eigenvalue weighted by atomic mass is 10.0. The quantitative estimate of drug-likeness (QED) is 0.828. The van der Waals surface area contributed by atoms with Crippen LogP contribution in [0, 0.1) is 0 Å². The number of hydrogen-bond donors (Lipinski definition) is 0. The van der Waals surface area contributed by atoms with E-state index in [1.807, 2.05) is 25.2 Å².